The number of nitrogens with zero attached hydrogens (tertiary/aromatic N) is 3. The molecule has 2 aromatic rings. The summed E-state index contributed by atoms with van der Waals surface area (Å²) < 4.78 is 48.8. The third kappa shape index (κ3) is 3.59. The van der Waals surface area contributed by atoms with Crippen molar-refractivity contribution in [2.75, 3.05) is 31.2 Å². The van der Waals surface area contributed by atoms with Crippen LogP contribution >= 0.6 is 11.8 Å². The lowest BCUT2D eigenvalue weighted by Crippen LogP contribution is -2.47. The zero-order valence-electron chi connectivity index (χ0n) is 14.7. The van der Waals surface area contributed by atoms with Gasteiger partial charge in [0.25, 0.3) is 0 Å². The number of morpholine rings is 1. The van der Waals surface area contributed by atoms with E-state index in [1.54, 1.807) is 4.90 Å². The molecule has 1 aromatic carbocycles. The molecule has 1 fully saturated rings. The highest BCUT2D eigenvalue weighted by Gasteiger charge is 2.45. The second kappa shape index (κ2) is 7.21. The molecule has 2 aliphatic rings. The Morgan fingerprint density at radius 3 is 2.56 bits per heavy atom. The molecule has 0 spiro atoms. The summed E-state index contributed by atoms with van der Waals surface area (Å²) in [6.45, 7) is 4.30. The van der Waals surface area contributed by atoms with Crippen molar-refractivity contribution in [3.63, 3.8) is 0 Å². The van der Waals surface area contributed by atoms with E-state index in [0.717, 1.165) is 41.7 Å². The maximum atomic E-state index is 15.1. The van der Waals surface area contributed by atoms with Crippen LogP contribution in [0.1, 0.15) is 11.3 Å². The number of alkyl halides is 2. The first-order chi connectivity index (χ1) is 12.9. The topological polar surface area (TPSA) is 44.4 Å². The first kappa shape index (κ1) is 18.4. The molecule has 4 rings (SSSR count). The smallest absolute Gasteiger partial charge is 0.305 e. The Hall–Kier alpha value is -1.97. The van der Waals surface area contributed by atoms with Crippen LogP contribution in [0.2, 0.25) is 0 Å². The number of nitrogens with one attached hydrogen (secondary N) is 1. The molecule has 0 saturated carbocycles. The number of aromatic nitrogens is 2. The van der Waals surface area contributed by atoms with Gasteiger partial charge >= 0.3 is 5.92 Å². The zero-order valence-corrected chi connectivity index (χ0v) is 15.5. The molecule has 5 nitrogen and oxygen atoms in total. The molecule has 0 radical (unpaired) electrons. The van der Waals surface area contributed by atoms with E-state index < -0.39 is 11.7 Å². The minimum absolute atomic E-state index is 0.0914. The van der Waals surface area contributed by atoms with Crippen LogP contribution in [-0.2, 0) is 10.7 Å². The van der Waals surface area contributed by atoms with Crippen molar-refractivity contribution in [2.45, 2.75) is 18.3 Å². The summed E-state index contributed by atoms with van der Waals surface area (Å²) in [6, 6.07) is 6.18. The van der Waals surface area contributed by atoms with Gasteiger partial charge in [-0.3, -0.25) is 10.00 Å². The molecule has 144 valence electrons. The number of allylic oxidation sites excluding steroid dienone is 1. The van der Waals surface area contributed by atoms with E-state index in [-0.39, 0.29) is 16.0 Å². The Morgan fingerprint density at radius 2 is 1.93 bits per heavy atom. The van der Waals surface area contributed by atoms with Gasteiger partial charge in [-0.25, -0.2) is 4.39 Å². The van der Waals surface area contributed by atoms with Gasteiger partial charge in [0.2, 0.25) is 0 Å². The first-order valence-electron chi connectivity index (χ1n) is 8.60. The standard InChI is InChI=1S/C18H19F3N4OS/c1-12-10-16(23-22-12)25-11-15(27-17(25)24-6-8-26-9-7-24)18(20,21)13-2-4-14(19)5-3-13/h2-5,10-11,17H,6-9H2,1H3,(H,22,23). The largest absolute Gasteiger partial charge is 0.379 e. The number of ether oxygens (including phenoxy) is 1. The van der Waals surface area contributed by atoms with Gasteiger partial charge in [0.05, 0.1) is 18.1 Å². The predicted octanol–water partition coefficient (Wildman–Crippen LogP) is 3.66. The third-order valence-corrected chi connectivity index (χ3v) is 5.91. The molecule has 0 bridgehead atoms. The van der Waals surface area contributed by atoms with Crippen molar-refractivity contribution in [1.82, 2.24) is 15.1 Å². The lowest BCUT2D eigenvalue weighted by molar-refractivity contribution is 0.0335. The van der Waals surface area contributed by atoms with Gasteiger partial charge in [-0.2, -0.15) is 13.9 Å². The van der Waals surface area contributed by atoms with Gasteiger partial charge in [-0.05, 0) is 31.2 Å². The molecule has 1 unspecified atom stereocenters. The number of H-pyrrole nitrogens is 1. The average molecular weight is 396 g/mol. The van der Waals surface area contributed by atoms with Gasteiger partial charge in [-0.15, -0.1) is 0 Å². The van der Waals surface area contributed by atoms with Crippen LogP contribution in [0.25, 0.3) is 0 Å². The lowest BCUT2D eigenvalue weighted by atomic mass is 10.1. The molecular formula is C18H19F3N4OS. The van der Waals surface area contributed by atoms with E-state index in [1.807, 2.05) is 13.0 Å². The van der Waals surface area contributed by atoms with Crippen molar-refractivity contribution in [3.05, 3.63) is 58.5 Å². The number of aromatic amines is 1. The molecule has 1 atom stereocenters. The average Bonchev–Trinajstić information content (AvgIpc) is 3.29. The van der Waals surface area contributed by atoms with Gasteiger partial charge in [0.15, 0.2) is 5.82 Å². The van der Waals surface area contributed by atoms with Gasteiger partial charge in [0, 0.05) is 36.6 Å². The second-order valence-electron chi connectivity index (χ2n) is 6.48. The van der Waals surface area contributed by atoms with Crippen molar-refractivity contribution < 1.29 is 17.9 Å². The Kier molecular flexibility index (Phi) is 4.92. The number of hydrogen-bond acceptors (Lipinski definition) is 5. The fraction of sp³-hybridized carbons (Fsp3) is 0.389. The second-order valence-corrected chi connectivity index (χ2v) is 7.58. The van der Waals surface area contributed by atoms with E-state index in [1.165, 1.54) is 6.20 Å². The van der Waals surface area contributed by atoms with E-state index in [0.29, 0.717) is 32.1 Å². The normalized spacial score (nSPS) is 21.6. The number of aryl methyl sites for hydroxylation is 1. The van der Waals surface area contributed by atoms with Crippen molar-refractivity contribution in [2.24, 2.45) is 0 Å². The van der Waals surface area contributed by atoms with Gasteiger partial charge in [0.1, 0.15) is 11.3 Å². The zero-order chi connectivity index (χ0) is 19.0. The van der Waals surface area contributed by atoms with Crippen LogP contribution in [0.5, 0.6) is 0 Å². The molecule has 1 N–H and O–H groups in total. The fourth-order valence-electron chi connectivity index (χ4n) is 3.11. The highest BCUT2D eigenvalue weighted by molar-refractivity contribution is 8.04. The number of halogens is 3. The Labute approximate surface area is 159 Å². The number of anilines is 1. The summed E-state index contributed by atoms with van der Waals surface area (Å²) in [5.74, 6) is -3.17. The van der Waals surface area contributed by atoms with Crippen LogP contribution < -0.4 is 4.90 Å². The highest BCUT2D eigenvalue weighted by Crippen LogP contribution is 2.49. The minimum atomic E-state index is -3.22. The molecule has 0 aliphatic carbocycles. The minimum Gasteiger partial charge on any atom is -0.379 e. The summed E-state index contributed by atoms with van der Waals surface area (Å²) in [7, 11) is 0. The number of thioether (sulfide) groups is 1. The Bertz CT molecular complexity index is 833. The van der Waals surface area contributed by atoms with E-state index >= 15 is 8.78 Å². The highest BCUT2D eigenvalue weighted by atomic mass is 32.2. The van der Waals surface area contributed by atoms with Crippen LogP contribution in [0.3, 0.4) is 0 Å². The first-order valence-corrected chi connectivity index (χ1v) is 9.48. The van der Waals surface area contributed by atoms with Crippen molar-refractivity contribution >= 4 is 17.6 Å². The fourth-order valence-corrected chi connectivity index (χ4v) is 4.42. The summed E-state index contributed by atoms with van der Waals surface area (Å²) in [4.78, 5) is 3.76. The summed E-state index contributed by atoms with van der Waals surface area (Å²) in [5.41, 5.74) is 0.282. The van der Waals surface area contributed by atoms with Crippen molar-refractivity contribution in [3.8, 4) is 0 Å². The van der Waals surface area contributed by atoms with Crippen LogP contribution in [0.4, 0.5) is 19.0 Å². The predicted molar refractivity (Wildman–Crippen MR) is 98.0 cm³/mol. The van der Waals surface area contributed by atoms with Crippen LogP contribution in [-0.4, -0.2) is 46.9 Å². The molecule has 1 saturated heterocycles. The van der Waals surface area contributed by atoms with Gasteiger partial charge < -0.3 is 9.64 Å². The Balaban J connectivity index is 1.67. The molecule has 27 heavy (non-hydrogen) atoms. The van der Waals surface area contributed by atoms with Crippen molar-refractivity contribution in [1.29, 1.82) is 0 Å². The number of rotatable bonds is 4. The molecule has 1 aromatic heterocycles. The van der Waals surface area contributed by atoms with Crippen LogP contribution in [0, 0.1) is 12.7 Å². The number of benzene rings is 1. The van der Waals surface area contributed by atoms with Gasteiger partial charge in [-0.1, -0.05) is 11.8 Å². The summed E-state index contributed by atoms with van der Waals surface area (Å²) in [5, 5.41) is 7.09. The molecule has 0 amide bonds. The third-order valence-electron chi connectivity index (χ3n) is 4.56. The number of hydrogen-bond donors (Lipinski definition) is 1. The molecule has 2 aliphatic heterocycles. The van der Waals surface area contributed by atoms with Crippen LogP contribution in [0.15, 0.2) is 41.4 Å². The lowest BCUT2D eigenvalue weighted by Gasteiger charge is -2.36. The molecule has 3 heterocycles. The summed E-state index contributed by atoms with van der Waals surface area (Å²) in [6.07, 6.45) is 1.45. The SMILES string of the molecule is Cc1cc(N2C=C(C(F)(F)c3ccc(F)cc3)SC2N2CCOCC2)n[nH]1. The van der Waals surface area contributed by atoms with E-state index in [9.17, 15) is 4.39 Å². The van der Waals surface area contributed by atoms with E-state index in [4.69, 9.17) is 4.74 Å². The molecule has 9 heteroatoms. The quantitative estimate of drug-likeness (QED) is 0.855. The van der Waals surface area contributed by atoms with E-state index in [2.05, 4.69) is 15.1 Å². The molecular weight excluding hydrogens is 377 g/mol. The maximum absolute atomic E-state index is 15.1. The Morgan fingerprint density at radius 1 is 1.22 bits per heavy atom. The maximum Gasteiger partial charge on any atom is 0.305 e. The monoisotopic (exact) mass is 396 g/mol. The summed E-state index contributed by atoms with van der Waals surface area (Å²) >= 11 is 1.10.